The maximum atomic E-state index is 11.3. The molecule has 0 atom stereocenters. The van der Waals surface area contributed by atoms with Gasteiger partial charge >= 0.3 is 11.9 Å². The summed E-state index contributed by atoms with van der Waals surface area (Å²) in [5.41, 5.74) is 0. The van der Waals surface area contributed by atoms with Gasteiger partial charge in [0, 0.05) is 13.8 Å². The summed E-state index contributed by atoms with van der Waals surface area (Å²) in [6.45, 7) is 3.97. The molecule has 0 aromatic carbocycles. The SMILES string of the molecule is CC(=O)OCC1(SSC2(COC(C)=O)CCCCC2)CCCCC1. The smallest absolute Gasteiger partial charge is 0.302 e. The van der Waals surface area contributed by atoms with Crippen molar-refractivity contribution in [1.29, 1.82) is 0 Å². The van der Waals surface area contributed by atoms with Gasteiger partial charge in [0.1, 0.15) is 13.2 Å². The molecule has 0 aromatic heterocycles. The Balaban J connectivity index is 2.00. The van der Waals surface area contributed by atoms with Crippen LogP contribution in [0.15, 0.2) is 0 Å². The zero-order valence-corrected chi connectivity index (χ0v) is 16.6. The molecule has 0 bridgehead atoms. The summed E-state index contributed by atoms with van der Waals surface area (Å²) in [6, 6.07) is 0. The van der Waals surface area contributed by atoms with Crippen molar-refractivity contribution >= 4 is 33.5 Å². The molecule has 6 heteroatoms. The van der Waals surface area contributed by atoms with E-state index in [0.29, 0.717) is 13.2 Å². The van der Waals surface area contributed by atoms with Gasteiger partial charge in [-0.1, -0.05) is 60.1 Å². The molecule has 0 spiro atoms. The molecule has 2 aliphatic carbocycles. The standard InChI is InChI=1S/C18H30O4S2/c1-15(19)21-13-17(9-5-3-6-10-17)23-24-18(14-22-16(2)20)11-7-4-8-12-18/h3-14H2,1-2H3. The predicted octanol–water partition coefficient (Wildman–Crippen LogP) is 4.90. The van der Waals surface area contributed by atoms with Crippen molar-refractivity contribution in [1.82, 2.24) is 0 Å². The molecule has 0 N–H and O–H groups in total. The first-order chi connectivity index (χ1) is 11.5. The first-order valence-electron chi connectivity index (χ1n) is 9.09. The summed E-state index contributed by atoms with van der Waals surface area (Å²) < 4.78 is 10.8. The summed E-state index contributed by atoms with van der Waals surface area (Å²) in [4.78, 5) is 22.6. The minimum absolute atomic E-state index is 0.0231. The second-order valence-corrected chi connectivity index (χ2v) is 10.3. The molecular weight excluding hydrogens is 344 g/mol. The fourth-order valence-corrected chi connectivity index (χ4v) is 7.37. The first-order valence-corrected chi connectivity index (χ1v) is 11.2. The maximum absolute atomic E-state index is 11.3. The van der Waals surface area contributed by atoms with Gasteiger partial charge in [0.25, 0.3) is 0 Å². The van der Waals surface area contributed by atoms with E-state index < -0.39 is 0 Å². The van der Waals surface area contributed by atoms with Crippen molar-refractivity contribution in [3.05, 3.63) is 0 Å². The third-order valence-electron chi connectivity index (χ3n) is 5.00. The molecule has 2 saturated carbocycles. The molecule has 138 valence electrons. The number of carbonyl (C=O) groups excluding carboxylic acids is 2. The molecule has 0 aliphatic heterocycles. The van der Waals surface area contributed by atoms with Crippen LogP contribution in [0.5, 0.6) is 0 Å². The summed E-state index contributed by atoms with van der Waals surface area (Å²) in [5.74, 6) is -0.393. The largest absolute Gasteiger partial charge is 0.464 e. The lowest BCUT2D eigenvalue weighted by Gasteiger charge is -2.41. The fourth-order valence-electron chi connectivity index (χ4n) is 3.54. The highest BCUT2D eigenvalue weighted by atomic mass is 33.1. The van der Waals surface area contributed by atoms with Gasteiger partial charge < -0.3 is 9.47 Å². The Morgan fingerprint density at radius 3 is 1.33 bits per heavy atom. The molecule has 24 heavy (non-hydrogen) atoms. The normalized spacial score (nSPS) is 22.6. The van der Waals surface area contributed by atoms with E-state index >= 15 is 0 Å². The second kappa shape index (κ2) is 9.37. The van der Waals surface area contributed by atoms with Gasteiger partial charge in [-0.3, -0.25) is 9.59 Å². The molecule has 2 rings (SSSR count). The van der Waals surface area contributed by atoms with E-state index in [4.69, 9.17) is 9.47 Å². The van der Waals surface area contributed by atoms with Gasteiger partial charge in [0.05, 0.1) is 9.49 Å². The summed E-state index contributed by atoms with van der Waals surface area (Å²) in [6.07, 6.45) is 11.7. The van der Waals surface area contributed by atoms with Crippen LogP contribution in [-0.2, 0) is 19.1 Å². The lowest BCUT2D eigenvalue weighted by atomic mass is 9.89. The average molecular weight is 375 g/mol. The van der Waals surface area contributed by atoms with Crippen LogP contribution in [0.4, 0.5) is 0 Å². The monoisotopic (exact) mass is 374 g/mol. The van der Waals surface area contributed by atoms with Crippen LogP contribution < -0.4 is 0 Å². The van der Waals surface area contributed by atoms with E-state index in [1.165, 1.54) is 52.4 Å². The van der Waals surface area contributed by atoms with E-state index in [1.54, 1.807) is 0 Å². The summed E-state index contributed by atoms with van der Waals surface area (Å²) in [5, 5.41) is 0. The van der Waals surface area contributed by atoms with Crippen molar-refractivity contribution in [2.45, 2.75) is 87.5 Å². The number of carbonyl (C=O) groups is 2. The Labute approximate surface area is 153 Å². The Hall–Kier alpha value is -0.360. The molecule has 0 saturated heterocycles. The molecule has 4 nitrogen and oxygen atoms in total. The molecule has 0 aromatic rings. The van der Waals surface area contributed by atoms with Gasteiger partial charge in [0.15, 0.2) is 0 Å². The maximum Gasteiger partial charge on any atom is 0.302 e. The molecule has 2 fully saturated rings. The van der Waals surface area contributed by atoms with Crippen molar-refractivity contribution in [2.75, 3.05) is 13.2 Å². The van der Waals surface area contributed by atoms with Crippen LogP contribution in [0, 0.1) is 0 Å². The van der Waals surface area contributed by atoms with Gasteiger partial charge in [0.2, 0.25) is 0 Å². The summed E-state index contributed by atoms with van der Waals surface area (Å²) in [7, 11) is 3.78. The third-order valence-corrected chi connectivity index (χ3v) is 9.22. The predicted molar refractivity (Wildman–Crippen MR) is 100 cm³/mol. The van der Waals surface area contributed by atoms with E-state index in [9.17, 15) is 9.59 Å². The molecular formula is C18H30O4S2. The average Bonchev–Trinajstić information content (AvgIpc) is 2.59. The molecule has 0 unspecified atom stereocenters. The van der Waals surface area contributed by atoms with E-state index in [2.05, 4.69) is 0 Å². The van der Waals surface area contributed by atoms with E-state index in [-0.39, 0.29) is 21.4 Å². The van der Waals surface area contributed by atoms with Crippen LogP contribution >= 0.6 is 21.6 Å². The summed E-state index contributed by atoms with van der Waals surface area (Å²) >= 11 is 0. The highest BCUT2D eigenvalue weighted by Crippen LogP contribution is 2.54. The van der Waals surface area contributed by atoms with Crippen molar-refractivity contribution in [3.63, 3.8) is 0 Å². The van der Waals surface area contributed by atoms with Gasteiger partial charge in [-0.2, -0.15) is 0 Å². The lowest BCUT2D eigenvalue weighted by Crippen LogP contribution is -2.37. The van der Waals surface area contributed by atoms with Crippen molar-refractivity contribution < 1.29 is 19.1 Å². The highest BCUT2D eigenvalue weighted by molar-refractivity contribution is 8.77. The van der Waals surface area contributed by atoms with Crippen LogP contribution in [0.3, 0.4) is 0 Å². The number of hydrogen-bond acceptors (Lipinski definition) is 6. The Morgan fingerprint density at radius 1 is 0.708 bits per heavy atom. The van der Waals surface area contributed by atoms with Gasteiger partial charge in [-0.15, -0.1) is 0 Å². The van der Waals surface area contributed by atoms with Crippen molar-refractivity contribution in [2.24, 2.45) is 0 Å². The van der Waals surface area contributed by atoms with E-state index in [1.807, 2.05) is 21.6 Å². The third kappa shape index (κ3) is 6.17. The van der Waals surface area contributed by atoms with Gasteiger partial charge in [-0.25, -0.2) is 0 Å². The Kier molecular flexibility index (Phi) is 7.79. The Bertz CT molecular complexity index is 387. The number of ether oxygens (including phenoxy) is 2. The quantitative estimate of drug-likeness (QED) is 0.467. The first kappa shape index (κ1) is 20.0. The number of rotatable bonds is 7. The zero-order chi connectivity index (χ0) is 17.5. The van der Waals surface area contributed by atoms with Crippen LogP contribution in [0.2, 0.25) is 0 Å². The highest BCUT2D eigenvalue weighted by Gasteiger charge is 2.40. The molecule has 2 aliphatic rings. The lowest BCUT2D eigenvalue weighted by molar-refractivity contribution is -0.143. The topological polar surface area (TPSA) is 52.6 Å². The number of esters is 2. The molecule has 0 radical (unpaired) electrons. The molecule has 0 amide bonds. The van der Waals surface area contributed by atoms with Gasteiger partial charge in [-0.05, 0) is 25.7 Å². The Morgan fingerprint density at radius 2 is 1.04 bits per heavy atom. The van der Waals surface area contributed by atoms with Crippen LogP contribution in [-0.4, -0.2) is 34.6 Å². The minimum atomic E-state index is -0.196. The fraction of sp³-hybridized carbons (Fsp3) is 0.889. The van der Waals surface area contributed by atoms with Crippen molar-refractivity contribution in [3.8, 4) is 0 Å². The minimum Gasteiger partial charge on any atom is -0.464 e. The van der Waals surface area contributed by atoms with Crippen LogP contribution in [0.25, 0.3) is 0 Å². The molecule has 0 heterocycles. The number of hydrogen-bond donors (Lipinski definition) is 0. The zero-order valence-electron chi connectivity index (χ0n) is 14.9. The second-order valence-electron chi connectivity index (χ2n) is 7.21. The van der Waals surface area contributed by atoms with E-state index in [0.717, 1.165) is 25.7 Å². The van der Waals surface area contributed by atoms with Crippen LogP contribution in [0.1, 0.15) is 78.1 Å².